The molecule has 1 aromatic rings. The zero-order valence-electron chi connectivity index (χ0n) is 6.50. The lowest BCUT2D eigenvalue weighted by atomic mass is 10.1. The van der Waals surface area contributed by atoms with Crippen molar-refractivity contribution in [3.63, 3.8) is 0 Å². The number of alkyl halides is 1. The van der Waals surface area contributed by atoms with Crippen molar-refractivity contribution >= 4 is 11.6 Å². The number of rotatable bonds is 1. The molecule has 2 N–H and O–H groups in total. The number of nitrogens with one attached hydrogen (secondary N) is 2. The largest absolute Gasteiger partial charge is 0.265 e. The van der Waals surface area contributed by atoms with Gasteiger partial charge in [0.2, 0.25) is 0 Å². The first-order valence-corrected chi connectivity index (χ1v) is 4.34. The van der Waals surface area contributed by atoms with Gasteiger partial charge in [0.05, 0.1) is 11.4 Å². The van der Waals surface area contributed by atoms with E-state index in [0.717, 1.165) is 6.54 Å². The molecule has 0 radical (unpaired) electrons. The van der Waals surface area contributed by atoms with Crippen LogP contribution in [0.25, 0.3) is 0 Å². The molecule has 0 spiro atoms. The molecule has 0 aliphatic carbocycles. The van der Waals surface area contributed by atoms with Gasteiger partial charge in [0.25, 0.3) is 0 Å². The number of hydrogen-bond donors (Lipinski definition) is 2. The third-order valence-electron chi connectivity index (χ3n) is 1.98. The quantitative estimate of drug-likeness (QED) is 0.634. The average Bonchev–Trinajstić information content (AvgIpc) is 2.53. The molecule has 4 heteroatoms. The standard InChI is InChI=1S/C8H10ClN3/c9-7-5-11-12-8(7)6-1-3-10-4-2-6/h1-4,7-8,11-12H,5H2. The SMILES string of the molecule is ClC1CNNC1c1ccncc1. The molecule has 12 heavy (non-hydrogen) atoms. The molecule has 1 aromatic heterocycles. The third kappa shape index (κ3) is 1.43. The summed E-state index contributed by atoms with van der Waals surface area (Å²) in [6.07, 6.45) is 3.55. The van der Waals surface area contributed by atoms with Gasteiger partial charge >= 0.3 is 0 Å². The minimum absolute atomic E-state index is 0.118. The molecule has 0 bridgehead atoms. The molecule has 1 aliphatic rings. The first-order chi connectivity index (χ1) is 5.88. The Morgan fingerprint density at radius 3 is 2.75 bits per heavy atom. The lowest BCUT2D eigenvalue weighted by molar-refractivity contribution is 0.582. The number of hydrogen-bond acceptors (Lipinski definition) is 3. The molecule has 2 heterocycles. The van der Waals surface area contributed by atoms with E-state index in [1.54, 1.807) is 12.4 Å². The summed E-state index contributed by atoms with van der Waals surface area (Å²) in [5.41, 5.74) is 7.31. The molecule has 2 unspecified atom stereocenters. The van der Waals surface area contributed by atoms with E-state index in [-0.39, 0.29) is 11.4 Å². The van der Waals surface area contributed by atoms with E-state index < -0.39 is 0 Å². The van der Waals surface area contributed by atoms with Crippen LogP contribution in [0.2, 0.25) is 0 Å². The van der Waals surface area contributed by atoms with Crippen LogP contribution in [0.3, 0.4) is 0 Å². The minimum atomic E-state index is 0.118. The first-order valence-electron chi connectivity index (χ1n) is 3.90. The second-order valence-electron chi connectivity index (χ2n) is 2.80. The molecular formula is C8H10ClN3. The van der Waals surface area contributed by atoms with Crippen LogP contribution >= 0.6 is 11.6 Å². The molecule has 1 fully saturated rings. The number of hydrazine groups is 1. The van der Waals surface area contributed by atoms with Gasteiger partial charge in [0.1, 0.15) is 0 Å². The highest BCUT2D eigenvalue weighted by atomic mass is 35.5. The van der Waals surface area contributed by atoms with Gasteiger partial charge in [0, 0.05) is 18.9 Å². The van der Waals surface area contributed by atoms with Crippen molar-refractivity contribution in [2.45, 2.75) is 11.4 Å². The second-order valence-corrected chi connectivity index (χ2v) is 3.36. The van der Waals surface area contributed by atoms with E-state index in [1.165, 1.54) is 5.56 Å². The number of nitrogens with zero attached hydrogens (tertiary/aromatic N) is 1. The van der Waals surface area contributed by atoms with Gasteiger partial charge in [-0.3, -0.25) is 10.4 Å². The molecule has 0 amide bonds. The Hall–Kier alpha value is -0.640. The molecule has 1 saturated heterocycles. The summed E-state index contributed by atoms with van der Waals surface area (Å²) < 4.78 is 0. The van der Waals surface area contributed by atoms with Gasteiger partial charge < -0.3 is 0 Å². The number of halogens is 1. The van der Waals surface area contributed by atoms with Gasteiger partial charge in [-0.05, 0) is 17.7 Å². The van der Waals surface area contributed by atoms with Crippen molar-refractivity contribution in [1.82, 2.24) is 15.8 Å². The summed E-state index contributed by atoms with van der Waals surface area (Å²) in [4.78, 5) is 3.95. The van der Waals surface area contributed by atoms with Crippen molar-refractivity contribution in [2.75, 3.05) is 6.54 Å². The van der Waals surface area contributed by atoms with Crippen molar-refractivity contribution in [3.8, 4) is 0 Å². The molecule has 0 aromatic carbocycles. The number of pyridine rings is 1. The predicted octanol–water partition coefficient (Wildman–Crippen LogP) is 0.838. The first kappa shape index (κ1) is 7.98. The maximum atomic E-state index is 6.07. The number of aromatic nitrogens is 1. The fourth-order valence-electron chi connectivity index (χ4n) is 1.34. The van der Waals surface area contributed by atoms with Crippen LogP contribution < -0.4 is 10.9 Å². The van der Waals surface area contributed by atoms with Crippen molar-refractivity contribution < 1.29 is 0 Å². The molecular weight excluding hydrogens is 174 g/mol. The van der Waals surface area contributed by atoms with Gasteiger partial charge in [-0.25, -0.2) is 5.43 Å². The highest BCUT2D eigenvalue weighted by Crippen LogP contribution is 2.22. The minimum Gasteiger partial charge on any atom is -0.265 e. The van der Waals surface area contributed by atoms with E-state index in [4.69, 9.17) is 11.6 Å². The van der Waals surface area contributed by atoms with Crippen molar-refractivity contribution in [1.29, 1.82) is 0 Å². The second kappa shape index (κ2) is 3.39. The van der Waals surface area contributed by atoms with E-state index in [0.29, 0.717) is 0 Å². The van der Waals surface area contributed by atoms with Crippen LogP contribution in [0, 0.1) is 0 Å². The summed E-state index contributed by atoms with van der Waals surface area (Å²) in [5.74, 6) is 0. The maximum Gasteiger partial charge on any atom is 0.0682 e. The molecule has 2 rings (SSSR count). The highest BCUT2D eigenvalue weighted by Gasteiger charge is 2.25. The Balaban J connectivity index is 2.19. The third-order valence-corrected chi connectivity index (χ3v) is 2.39. The van der Waals surface area contributed by atoms with Gasteiger partial charge in [-0.15, -0.1) is 11.6 Å². The van der Waals surface area contributed by atoms with Crippen molar-refractivity contribution in [2.24, 2.45) is 0 Å². The highest BCUT2D eigenvalue weighted by molar-refractivity contribution is 6.21. The van der Waals surface area contributed by atoms with Crippen LogP contribution in [0.5, 0.6) is 0 Å². The normalized spacial score (nSPS) is 29.1. The Morgan fingerprint density at radius 1 is 1.42 bits per heavy atom. The fourth-order valence-corrected chi connectivity index (χ4v) is 1.62. The average molecular weight is 184 g/mol. The monoisotopic (exact) mass is 183 g/mol. The Kier molecular flexibility index (Phi) is 2.26. The van der Waals surface area contributed by atoms with Gasteiger partial charge in [-0.1, -0.05) is 0 Å². The van der Waals surface area contributed by atoms with Crippen LogP contribution in [-0.2, 0) is 0 Å². The summed E-state index contributed by atoms with van der Waals surface area (Å²) in [6.45, 7) is 0.800. The fraction of sp³-hybridized carbons (Fsp3) is 0.375. The smallest absolute Gasteiger partial charge is 0.0682 e. The Bertz CT molecular complexity index is 252. The summed E-state index contributed by atoms with van der Waals surface area (Å²) >= 11 is 6.07. The predicted molar refractivity (Wildman–Crippen MR) is 47.8 cm³/mol. The van der Waals surface area contributed by atoms with E-state index in [1.807, 2.05) is 12.1 Å². The van der Waals surface area contributed by atoms with Crippen LogP contribution in [-0.4, -0.2) is 16.9 Å². The summed E-state index contributed by atoms with van der Waals surface area (Å²) in [5, 5.41) is 0.118. The van der Waals surface area contributed by atoms with E-state index >= 15 is 0 Å². The topological polar surface area (TPSA) is 37.0 Å². The molecule has 1 aliphatic heterocycles. The Labute approximate surface area is 76.1 Å². The summed E-state index contributed by atoms with van der Waals surface area (Å²) in [6, 6.07) is 4.15. The van der Waals surface area contributed by atoms with Crippen molar-refractivity contribution in [3.05, 3.63) is 30.1 Å². The lowest BCUT2D eigenvalue weighted by Crippen LogP contribution is -2.25. The Morgan fingerprint density at radius 2 is 2.17 bits per heavy atom. The van der Waals surface area contributed by atoms with Gasteiger partial charge in [-0.2, -0.15) is 0 Å². The maximum absolute atomic E-state index is 6.07. The van der Waals surface area contributed by atoms with Crippen LogP contribution in [0.4, 0.5) is 0 Å². The van der Waals surface area contributed by atoms with E-state index in [9.17, 15) is 0 Å². The van der Waals surface area contributed by atoms with E-state index in [2.05, 4.69) is 15.8 Å². The lowest BCUT2D eigenvalue weighted by Gasteiger charge is -2.12. The zero-order chi connectivity index (χ0) is 8.39. The van der Waals surface area contributed by atoms with Gasteiger partial charge in [0.15, 0.2) is 0 Å². The van der Waals surface area contributed by atoms with Crippen LogP contribution in [0.1, 0.15) is 11.6 Å². The molecule has 64 valence electrons. The molecule has 0 saturated carbocycles. The zero-order valence-corrected chi connectivity index (χ0v) is 7.25. The van der Waals surface area contributed by atoms with Crippen LogP contribution in [0.15, 0.2) is 24.5 Å². The molecule has 2 atom stereocenters. The summed E-state index contributed by atoms with van der Waals surface area (Å²) in [7, 11) is 0. The molecule has 3 nitrogen and oxygen atoms in total.